The van der Waals surface area contributed by atoms with Gasteiger partial charge in [-0.3, -0.25) is 4.98 Å². The number of benzene rings is 1. The summed E-state index contributed by atoms with van der Waals surface area (Å²) in [6, 6.07) is 16.7. The lowest BCUT2D eigenvalue weighted by Crippen LogP contribution is -2.57. The van der Waals surface area contributed by atoms with Crippen molar-refractivity contribution >= 4 is 5.69 Å². The highest BCUT2D eigenvalue weighted by Crippen LogP contribution is 2.41. The highest BCUT2D eigenvalue weighted by Gasteiger charge is 2.46. The fourth-order valence-corrected chi connectivity index (χ4v) is 4.20. The average molecular weight is 338 g/mol. The van der Waals surface area contributed by atoms with Gasteiger partial charge in [-0.1, -0.05) is 24.3 Å². The van der Waals surface area contributed by atoms with Gasteiger partial charge < -0.3 is 14.4 Å². The maximum atomic E-state index is 6.15. The summed E-state index contributed by atoms with van der Waals surface area (Å²) >= 11 is 0. The molecule has 2 aliphatic heterocycles. The third kappa shape index (κ3) is 3.70. The van der Waals surface area contributed by atoms with E-state index in [1.54, 1.807) is 0 Å². The maximum absolute atomic E-state index is 6.15. The molecule has 0 bridgehead atoms. The second-order valence-electron chi connectivity index (χ2n) is 7.19. The summed E-state index contributed by atoms with van der Waals surface area (Å²) in [6.45, 7) is 4.25. The van der Waals surface area contributed by atoms with Crippen LogP contribution >= 0.6 is 0 Å². The summed E-state index contributed by atoms with van der Waals surface area (Å²) in [6.07, 6.45) is 5.49. The molecule has 0 saturated carbocycles. The van der Waals surface area contributed by atoms with Crippen LogP contribution in [-0.4, -0.2) is 37.4 Å². The fourth-order valence-electron chi connectivity index (χ4n) is 4.20. The average Bonchev–Trinajstić information content (AvgIpc) is 2.69. The van der Waals surface area contributed by atoms with E-state index in [4.69, 9.17) is 9.47 Å². The highest BCUT2D eigenvalue weighted by atomic mass is 16.5. The minimum atomic E-state index is 0.0844. The summed E-state index contributed by atoms with van der Waals surface area (Å²) in [7, 11) is 0. The van der Waals surface area contributed by atoms with Crippen molar-refractivity contribution in [2.75, 3.05) is 31.2 Å². The molecule has 4 rings (SSSR count). The Morgan fingerprint density at radius 3 is 2.88 bits per heavy atom. The first-order valence-corrected chi connectivity index (χ1v) is 9.25. The Morgan fingerprint density at radius 1 is 1.16 bits per heavy atom. The number of nitrogens with zero attached hydrogens (tertiary/aromatic N) is 2. The van der Waals surface area contributed by atoms with Gasteiger partial charge in [0.15, 0.2) is 0 Å². The normalized spacial score (nSPS) is 26.2. The Morgan fingerprint density at radius 2 is 2.04 bits per heavy atom. The number of piperidine rings is 1. The van der Waals surface area contributed by atoms with E-state index in [1.807, 2.05) is 24.4 Å². The monoisotopic (exact) mass is 338 g/mol. The number of hydrogen-bond donors (Lipinski definition) is 0. The molecule has 2 fully saturated rings. The predicted molar refractivity (Wildman–Crippen MR) is 98.6 cm³/mol. The molecule has 2 saturated heterocycles. The first kappa shape index (κ1) is 16.6. The van der Waals surface area contributed by atoms with E-state index < -0.39 is 0 Å². The third-order valence-electron chi connectivity index (χ3n) is 5.47. The molecule has 2 aliphatic rings. The van der Waals surface area contributed by atoms with Crippen LogP contribution in [0.1, 0.15) is 25.0 Å². The van der Waals surface area contributed by atoms with Gasteiger partial charge in [0.05, 0.1) is 25.0 Å². The minimum Gasteiger partial charge on any atom is -0.377 e. The summed E-state index contributed by atoms with van der Waals surface area (Å²) < 4.78 is 12.3. The molecule has 4 nitrogen and oxygen atoms in total. The molecule has 0 amide bonds. The van der Waals surface area contributed by atoms with Crippen molar-refractivity contribution < 1.29 is 9.47 Å². The van der Waals surface area contributed by atoms with Crippen molar-refractivity contribution in [3.63, 3.8) is 0 Å². The van der Waals surface area contributed by atoms with E-state index in [-0.39, 0.29) is 5.41 Å². The molecule has 3 heterocycles. The number of hydrogen-bond acceptors (Lipinski definition) is 4. The molecule has 2 unspecified atom stereocenters. The van der Waals surface area contributed by atoms with Crippen molar-refractivity contribution in [3.05, 3.63) is 60.4 Å². The summed E-state index contributed by atoms with van der Waals surface area (Å²) in [5.41, 5.74) is 2.37. The van der Waals surface area contributed by atoms with Crippen molar-refractivity contribution in [2.24, 2.45) is 5.41 Å². The standard InChI is InChI=1S/C21H26N2O2/c1-2-8-19(9-3-1)23-13-10-20-21(16-23,11-6-14-25-20)17-24-15-18-7-4-5-12-22-18/h1-5,7-9,12,20H,6,10-11,13-17H2. The van der Waals surface area contributed by atoms with Gasteiger partial charge >= 0.3 is 0 Å². The van der Waals surface area contributed by atoms with Crippen LogP contribution in [-0.2, 0) is 16.1 Å². The van der Waals surface area contributed by atoms with Crippen LogP contribution in [0.15, 0.2) is 54.7 Å². The van der Waals surface area contributed by atoms with E-state index in [0.717, 1.165) is 44.8 Å². The fraction of sp³-hybridized carbons (Fsp3) is 0.476. The zero-order valence-corrected chi connectivity index (χ0v) is 14.6. The van der Waals surface area contributed by atoms with Gasteiger partial charge in [0.1, 0.15) is 0 Å². The number of rotatable bonds is 5. The molecule has 0 radical (unpaired) electrons. The zero-order valence-electron chi connectivity index (χ0n) is 14.6. The minimum absolute atomic E-state index is 0.0844. The zero-order chi connectivity index (χ0) is 17.0. The quantitative estimate of drug-likeness (QED) is 0.833. The van der Waals surface area contributed by atoms with E-state index in [0.29, 0.717) is 12.7 Å². The van der Waals surface area contributed by atoms with Crippen LogP contribution in [0, 0.1) is 5.41 Å². The number of fused-ring (bicyclic) bond motifs is 1. The lowest BCUT2D eigenvalue weighted by Gasteiger charge is -2.51. The predicted octanol–water partition coefficient (Wildman–Crippen LogP) is 3.67. The van der Waals surface area contributed by atoms with E-state index in [2.05, 4.69) is 40.2 Å². The molecular formula is C21H26N2O2. The van der Waals surface area contributed by atoms with Crippen LogP contribution < -0.4 is 4.90 Å². The van der Waals surface area contributed by atoms with Crippen molar-refractivity contribution in [1.29, 1.82) is 0 Å². The lowest BCUT2D eigenvalue weighted by molar-refractivity contribution is -0.127. The molecular weight excluding hydrogens is 312 g/mol. The molecule has 2 aromatic rings. The van der Waals surface area contributed by atoms with E-state index in [1.165, 1.54) is 12.1 Å². The van der Waals surface area contributed by atoms with Crippen LogP contribution in [0.2, 0.25) is 0 Å². The Labute approximate surface area is 149 Å². The molecule has 1 aromatic carbocycles. The first-order valence-electron chi connectivity index (χ1n) is 9.25. The molecule has 2 atom stereocenters. The molecule has 0 spiro atoms. The molecule has 1 aromatic heterocycles. The van der Waals surface area contributed by atoms with Crippen LogP contribution in [0.25, 0.3) is 0 Å². The SMILES string of the molecule is c1ccc(N2CCC3OCCCC3(COCc3ccccn3)C2)cc1. The Bertz CT molecular complexity index is 664. The van der Waals surface area contributed by atoms with Gasteiger partial charge in [-0.05, 0) is 43.5 Å². The summed E-state index contributed by atoms with van der Waals surface area (Å²) in [5, 5.41) is 0. The number of ether oxygens (including phenoxy) is 2. The second-order valence-corrected chi connectivity index (χ2v) is 7.19. The lowest BCUT2D eigenvalue weighted by atomic mass is 9.73. The molecule has 0 aliphatic carbocycles. The van der Waals surface area contributed by atoms with Crippen LogP contribution in [0.5, 0.6) is 0 Å². The highest BCUT2D eigenvalue weighted by molar-refractivity contribution is 5.47. The van der Waals surface area contributed by atoms with Gasteiger partial charge in [0, 0.05) is 37.0 Å². The van der Waals surface area contributed by atoms with Crippen molar-refractivity contribution in [1.82, 2.24) is 4.98 Å². The van der Waals surface area contributed by atoms with E-state index in [9.17, 15) is 0 Å². The smallest absolute Gasteiger partial charge is 0.0888 e. The maximum Gasteiger partial charge on any atom is 0.0888 e. The molecule has 0 N–H and O–H groups in total. The van der Waals surface area contributed by atoms with E-state index >= 15 is 0 Å². The summed E-state index contributed by atoms with van der Waals surface area (Å²) in [4.78, 5) is 6.85. The molecule has 4 heteroatoms. The van der Waals surface area contributed by atoms with Crippen LogP contribution in [0.4, 0.5) is 5.69 Å². The number of aromatic nitrogens is 1. The number of anilines is 1. The largest absolute Gasteiger partial charge is 0.377 e. The van der Waals surface area contributed by atoms with Gasteiger partial charge in [-0.15, -0.1) is 0 Å². The van der Waals surface area contributed by atoms with Crippen molar-refractivity contribution in [2.45, 2.75) is 32.0 Å². The Kier molecular flexibility index (Phi) is 4.99. The Balaban J connectivity index is 1.46. The van der Waals surface area contributed by atoms with Gasteiger partial charge in [0.2, 0.25) is 0 Å². The number of para-hydroxylation sites is 1. The first-order chi connectivity index (χ1) is 12.4. The van der Waals surface area contributed by atoms with Gasteiger partial charge in [-0.25, -0.2) is 0 Å². The molecule has 132 valence electrons. The number of pyridine rings is 1. The Hall–Kier alpha value is -1.91. The molecule has 25 heavy (non-hydrogen) atoms. The third-order valence-corrected chi connectivity index (χ3v) is 5.47. The van der Waals surface area contributed by atoms with Crippen LogP contribution in [0.3, 0.4) is 0 Å². The van der Waals surface area contributed by atoms with Crippen molar-refractivity contribution in [3.8, 4) is 0 Å². The van der Waals surface area contributed by atoms with Gasteiger partial charge in [0.25, 0.3) is 0 Å². The second kappa shape index (κ2) is 7.54. The van der Waals surface area contributed by atoms with Gasteiger partial charge in [-0.2, -0.15) is 0 Å². The summed E-state index contributed by atoms with van der Waals surface area (Å²) in [5.74, 6) is 0. The topological polar surface area (TPSA) is 34.6 Å².